The van der Waals surface area contributed by atoms with E-state index in [-0.39, 0.29) is 17.2 Å². The maximum atomic E-state index is 12.3. The fraction of sp³-hybridized carbons (Fsp3) is 0.455. The molecule has 1 saturated carbocycles. The van der Waals surface area contributed by atoms with Crippen LogP contribution in [0.15, 0.2) is 18.5 Å². The van der Waals surface area contributed by atoms with Gasteiger partial charge in [0.25, 0.3) is 5.91 Å². The van der Waals surface area contributed by atoms with Crippen LogP contribution in [0.4, 0.5) is 3.89 Å². The van der Waals surface area contributed by atoms with Crippen molar-refractivity contribution < 1.29 is 21.3 Å². The standard InChI is InChI=1S/C11H13FN2O4S/c12-19(16,17)18-10-4-9(6-13-7-10)11(15)14-5-8-2-1-3-8/h4,6-8H,1-3,5H2,(H,14,15). The van der Waals surface area contributed by atoms with Gasteiger partial charge < -0.3 is 9.50 Å². The minimum Gasteiger partial charge on any atom is -0.357 e. The molecule has 0 aromatic carbocycles. The van der Waals surface area contributed by atoms with Crippen LogP contribution < -0.4 is 9.50 Å². The second kappa shape index (κ2) is 5.52. The van der Waals surface area contributed by atoms with Crippen LogP contribution in [-0.4, -0.2) is 25.9 Å². The molecule has 0 spiro atoms. The average Bonchev–Trinajstić information content (AvgIpc) is 2.24. The smallest absolute Gasteiger partial charge is 0.357 e. The van der Waals surface area contributed by atoms with Crippen molar-refractivity contribution in [3.05, 3.63) is 24.0 Å². The highest BCUT2D eigenvalue weighted by molar-refractivity contribution is 7.81. The first-order valence-electron chi connectivity index (χ1n) is 5.81. The minimum atomic E-state index is -5.11. The maximum absolute atomic E-state index is 12.3. The van der Waals surface area contributed by atoms with Crippen LogP contribution in [0.5, 0.6) is 5.75 Å². The second-order valence-electron chi connectivity index (χ2n) is 4.39. The summed E-state index contributed by atoms with van der Waals surface area (Å²) in [6, 6.07) is 1.13. The summed E-state index contributed by atoms with van der Waals surface area (Å²) in [4.78, 5) is 15.4. The van der Waals surface area contributed by atoms with E-state index in [9.17, 15) is 17.1 Å². The first-order chi connectivity index (χ1) is 8.94. The number of carbonyl (C=O) groups is 1. The molecule has 1 aromatic heterocycles. The van der Waals surface area contributed by atoms with Crippen molar-refractivity contribution in [3.63, 3.8) is 0 Å². The largest absolute Gasteiger partial charge is 0.488 e. The number of hydrogen-bond acceptors (Lipinski definition) is 5. The monoisotopic (exact) mass is 288 g/mol. The van der Waals surface area contributed by atoms with Crippen LogP contribution in [0, 0.1) is 5.92 Å². The Bertz CT molecular complexity index is 572. The van der Waals surface area contributed by atoms with Gasteiger partial charge in [-0.15, -0.1) is 0 Å². The number of aromatic nitrogens is 1. The zero-order chi connectivity index (χ0) is 13.9. The molecule has 2 rings (SSSR count). The lowest BCUT2D eigenvalue weighted by Crippen LogP contribution is -2.32. The highest BCUT2D eigenvalue weighted by atomic mass is 32.3. The maximum Gasteiger partial charge on any atom is 0.488 e. The van der Waals surface area contributed by atoms with Gasteiger partial charge in [0.2, 0.25) is 0 Å². The molecule has 6 nitrogen and oxygen atoms in total. The van der Waals surface area contributed by atoms with Gasteiger partial charge in [0, 0.05) is 12.7 Å². The number of carbonyl (C=O) groups excluding carboxylic acids is 1. The first-order valence-corrected chi connectivity index (χ1v) is 7.12. The lowest BCUT2D eigenvalue weighted by atomic mass is 9.85. The normalized spacial score (nSPS) is 15.6. The zero-order valence-electron chi connectivity index (χ0n) is 10.0. The Labute approximate surface area is 110 Å². The molecule has 1 aliphatic rings. The van der Waals surface area contributed by atoms with E-state index in [2.05, 4.69) is 14.5 Å². The van der Waals surface area contributed by atoms with Gasteiger partial charge in [-0.3, -0.25) is 9.78 Å². The van der Waals surface area contributed by atoms with Crippen LogP contribution in [0.25, 0.3) is 0 Å². The van der Waals surface area contributed by atoms with Crippen LogP contribution in [0.1, 0.15) is 29.6 Å². The van der Waals surface area contributed by atoms with Gasteiger partial charge in [0.15, 0.2) is 5.75 Å². The van der Waals surface area contributed by atoms with Crippen molar-refractivity contribution in [1.82, 2.24) is 10.3 Å². The van der Waals surface area contributed by atoms with E-state index in [4.69, 9.17) is 0 Å². The number of halogens is 1. The molecule has 1 aliphatic carbocycles. The van der Waals surface area contributed by atoms with E-state index >= 15 is 0 Å². The summed E-state index contributed by atoms with van der Waals surface area (Å²) in [7, 11) is -5.11. The van der Waals surface area contributed by atoms with Crippen LogP contribution in [0.3, 0.4) is 0 Å². The van der Waals surface area contributed by atoms with Crippen LogP contribution >= 0.6 is 0 Å². The molecule has 1 heterocycles. The lowest BCUT2D eigenvalue weighted by Gasteiger charge is -2.25. The molecule has 1 N–H and O–H groups in total. The summed E-state index contributed by atoms with van der Waals surface area (Å²) in [5.74, 6) is -0.220. The highest BCUT2D eigenvalue weighted by Gasteiger charge is 2.19. The second-order valence-corrected chi connectivity index (χ2v) is 5.35. The molecule has 0 radical (unpaired) electrons. The predicted molar refractivity (Wildman–Crippen MR) is 64.6 cm³/mol. The predicted octanol–water partition coefficient (Wildman–Crippen LogP) is 1.20. The molecule has 1 amide bonds. The number of amides is 1. The van der Waals surface area contributed by atoms with Crippen molar-refractivity contribution in [2.75, 3.05) is 6.54 Å². The number of hydrogen-bond donors (Lipinski definition) is 1. The van der Waals surface area contributed by atoms with Gasteiger partial charge in [-0.05, 0) is 24.8 Å². The minimum absolute atomic E-state index is 0.125. The highest BCUT2D eigenvalue weighted by Crippen LogP contribution is 2.25. The Kier molecular flexibility index (Phi) is 3.98. The third-order valence-electron chi connectivity index (χ3n) is 2.95. The third-order valence-corrected chi connectivity index (χ3v) is 3.34. The molecule has 1 aromatic rings. The summed E-state index contributed by atoms with van der Waals surface area (Å²) in [5, 5.41) is 2.71. The molecule has 19 heavy (non-hydrogen) atoms. The quantitative estimate of drug-likeness (QED) is 0.823. The molecule has 0 unspecified atom stereocenters. The molecule has 0 bridgehead atoms. The Morgan fingerprint density at radius 2 is 2.21 bits per heavy atom. The van der Waals surface area contributed by atoms with Gasteiger partial charge in [0.05, 0.1) is 11.8 Å². The molecule has 0 atom stereocenters. The molecular weight excluding hydrogens is 275 g/mol. The fourth-order valence-electron chi connectivity index (χ4n) is 1.74. The molecule has 1 fully saturated rings. The van der Waals surface area contributed by atoms with Gasteiger partial charge in [-0.2, -0.15) is 8.42 Å². The van der Waals surface area contributed by atoms with Crippen molar-refractivity contribution in [1.29, 1.82) is 0 Å². The third kappa shape index (κ3) is 4.16. The van der Waals surface area contributed by atoms with E-state index in [1.165, 1.54) is 12.6 Å². The van der Waals surface area contributed by atoms with E-state index in [0.717, 1.165) is 25.1 Å². The zero-order valence-corrected chi connectivity index (χ0v) is 10.8. The van der Waals surface area contributed by atoms with Crippen molar-refractivity contribution in [2.24, 2.45) is 5.92 Å². The summed E-state index contributed by atoms with van der Waals surface area (Å²) >= 11 is 0. The van der Waals surface area contributed by atoms with Gasteiger partial charge >= 0.3 is 10.5 Å². The van der Waals surface area contributed by atoms with Gasteiger partial charge in [-0.1, -0.05) is 10.3 Å². The SMILES string of the molecule is O=C(NCC1CCC1)c1cncc(OS(=O)(=O)F)c1. The number of nitrogens with one attached hydrogen (secondary N) is 1. The van der Waals surface area contributed by atoms with Gasteiger partial charge in [-0.25, -0.2) is 0 Å². The summed E-state index contributed by atoms with van der Waals surface area (Å²) < 4.78 is 37.0. The fourth-order valence-corrected chi connectivity index (χ4v) is 2.06. The Hall–Kier alpha value is -1.70. The summed E-state index contributed by atoms with van der Waals surface area (Å²) in [6.45, 7) is 0.575. The van der Waals surface area contributed by atoms with Crippen molar-refractivity contribution in [2.45, 2.75) is 19.3 Å². The lowest BCUT2D eigenvalue weighted by molar-refractivity contribution is 0.0938. The van der Waals surface area contributed by atoms with E-state index in [0.29, 0.717) is 12.5 Å². The van der Waals surface area contributed by atoms with Crippen molar-refractivity contribution in [3.8, 4) is 5.75 Å². The van der Waals surface area contributed by atoms with Crippen LogP contribution in [-0.2, 0) is 10.5 Å². The summed E-state index contributed by atoms with van der Waals surface area (Å²) in [5.41, 5.74) is 0.125. The Morgan fingerprint density at radius 3 is 2.79 bits per heavy atom. The number of nitrogens with zero attached hydrogens (tertiary/aromatic N) is 1. The Balaban J connectivity index is 1.98. The van der Waals surface area contributed by atoms with E-state index < -0.39 is 10.5 Å². The molecule has 0 saturated heterocycles. The number of pyridine rings is 1. The van der Waals surface area contributed by atoms with E-state index in [1.807, 2.05) is 0 Å². The molecule has 8 heteroatoms. The van der Waals surface area contributed by atoms with Gasteiger partial charge in [0.1, 0.15) is 0 Å². The average molecular weight is 288 g/mol. The molecular formula is C11H13FN2O4S. The Morgan fingerprint density at radius 1 is 1.47 bits per heavy atom. The molecule has 0 aliphatic heterocycles. The summed E-state index contributed by atoms with van der Waals surface area (Å²) in [6.07, 6.45) is 5.65. The van der Waals surface area contributed by atoms with Crippen LogP contribution in [0.2, 0.25) is 0 Å². The van der Waals surface area contributed by atoms with Crippen molar-refractivity contribution >= 4 is 16.4 Å². The van der Waals surface area contributed by atoms with E-state index in [1.54, 1.807) is 0 Å². The first kappa shape index (κ1) is 13.7. The molecule has 104 valence electrons. The number of rotatable bonds is 5. The topological polar surface area (TPSA) is 85.4 Å².